The van der Waals surface area contributed by atoms with Crippen LogP contribution in [0.15, 0.2) is 109 Å². The summed E-state index contributed by atoms with van der Waals surface area (Å²) < 4.78 is 14.7. The number of aromatic nitrogens is 3. The molecule has 184 valence electrons. The van der Waals surface area contributed by atoms with E-state index in [2.05, 4.69) is 122 Å². The molecule has 0 amide bonds. The van der Waals surface area contributed by atoms with Gasteiger partial charge in [0.05, 0.1) is 16.7 Å². The number of benzene rings is 4. The third-order valence-corrected chi connectivity index (χ3v) is 7.89. The first-order valence-corrected chi connectivity index (χ1v) is 12.7. The summed E-state index contributed by atoms with van der Waals surface area (Å²) in [6, 6.07) is 37.7. The van der Waals surface area contributed by atoms with Gasteiger partial charge >= 0.3 is 7.12 Å². The largest absolute Gasteiger partial charge is 0.494 e. The van der Waals surface area contributed by atoms with Crippen molar-refractivity contribution >= 4 is 23.6 Å². The van der Waals surface area contributed by atoms with Gasteiger partial charge in [-0.2, -0.15) is 0 Å². The minimum Gasteiger partial charge on any atom is -0.399 e. The van der Waals surface area contributed by atoms with E-state index >= 15 is 0 Å². The second-order valence-electron chi connectivity index (χ2n) is 10.6. The third-order valence-electron chi connectivity index (χ3n) is 7.89. The van der Waals surface area contributed by atoms with Gasteiger partial charge in [-0.05, 0) is 62.0 Å². The zero-order valence-electron chi connectivity index (χ0n) is 21.6. The van der Waals surface area contributed by atoms with Crippen LogP contribution in [0.4, 0.5) is 0 Å². The van der Waals surface area contributed by atoms with Crippen molar-refractivity contribution in [3.8, 4) is 0 Å². The molecule has 2 heterocycles. The summed E-state index contributed by atoms with van der Waals surface area (Å²) in [6.07, 6.45) is 0. The number of fused-ring (bicyclic) bond motifs is 1. The Kier molecular flexibility index (Phi) is 5.55. The van der Waals surface area contributed by atoms with Crippen LogP contribution in [0.5, 0.6) is 0 Å². The van der Waals surface area contributed by atoms with Crippen LogP contribution in [0.25, 0.3) is 11.0 Å². The van der Waals surface area contributed by atoms with Crippen LogP contribution in [-0.2, 0) is 14.8 Å². The van der Waals surface area contributed by atoms with Gasteiger partial charge in [0.1, 0.15) is 11.1 Å². The van der Waals surface area contributed by atoms with Gasteiger partial charge in [-0.15, -0.1) is 5.10 Å². The lowest BCUT2D eigenvalue weighted by Crippen LogP contribution is -2.41. The van der Waals surface area contributed by atoms with Gasteiger partial charge in [0.15, 0.2) is 0 Å². The van der Waals surface area contributed by atoms with Crippen LogP contribution in [0.3, 0.4) is 0 Å². The molecule has 1 aromatic heterocycles. The van der Waals surface area contributed by atoms with Gasteiger partial charge in [-0.1, -0.05) is 102 Å². The first-order chi connectivity index (χ1) is 17.8. The molecular formula is C31H30BN3O2. The monoisotopic (exact) mass is 487 g/mol. The van der Waals surface area contributed by atoms with E-state index in [4.69, 9.17) is 14.5 Å². The Morgan fingerprint density at radius 2 is 1.11 bits per heavy atom. The van der Waals surface area contributed by atoms with E-state index in [1.54, 1.807) is 0 Å². The standard InChI is InChI=1S/C31H30BN3O2/c1-29(2)30(3,4)37-32(36-29)26-20-21-28-27(22-26)33-34-35(28)31(23-14-8-5-9-15-23,24-16-10-6-11-17-24)25-18-12-7-13-19-25/h5-22H,1-4H3. The summed E-state index contributed by atoms with van der Waals surface area (Å²) in [4.78, 5) is 0. The number of nitrogens with zero attached hydrogens (tertiary/aromatic N) is 3. The maximum atomic E-state index is 6.30. The predicted molar refractivity (Wildman–Crippen MR) is 148 cm³/mol. The Morgan fingerprint density at radius 3 is 1.57 bits per heavy atom. The van der Waals surface area contributed by atoms with Crippen LogP contribution in [-0.4, -0.2) is 33.3 Å². The zero-order chi connectivity index (χ0) is 25.7. The Balaban J connectivity index is 1.58. The minimum atomic E-state index is -0.718. The van der Waals surface area contributed by atoms with E-state index < -0.39 is 23.9 Å². The first kappa shape index (κ1) is 23.7. The Bertz CT molecular complexity index is 1420. The highest BCUT2D eigenvalue weighted by atomic mass is 16.7. The van der Waals surface area contributed by atoms with Gasteiger partial charge < -0.3 is 9.31 Å². The number of hydrogen-bond acceptors (Lipinski definition) is 4. The molecule has 1 fully saturated rings. The lowest BCUT2D eigenvalue weighted by atomic mass is 9.76. The molecule has 0 unspecified atom stereocenters. The van der Waals surface area contributed by atoms with Crippen LogP contribution in [0.1, 0.15) is 44.4 Å². The molecule has 5 aromatic rings. The molecule has 0 atom stereocenters. The van der Waals surface area contributed by atoms with Crippen molar-refractivity contribution in [2.24, 2.45) is 0 Å². The van der Waals surface area contributed by atoms with E-state index in [0.29, 0.717) is 0 Å². The summed E-state index contributed by atoms with van der Waals surface area (Å²) in [6.45, 7) is 8.26. The van der Waals surface area contributed by atoms with Gasteiger partial charge in [0.2, 0.25) is 0 Å². The molecule has 0 spiro atoms. The van der Waals surface area contributed by atoms with Crippen molar-refractivity contribution in [2.45, 2.75) is 44.4 Å². The first-order valence-electron chi connectivity index (χ1n) is 12.7. The average molecular weight is 487 g/mol. The normalized spacial score (nSPS) is 16.8. The van der Waals surface area contributed by atoms with Crippen molar-refractivity contribution in [3.05, 3.63) is 126 Å². The van der Waals surface area contributed by atoms with Crippen LogP contribution in [0, 0.1) is 0 Å². The molecular weight excluding hydrogens is 457 g/mol. The van der Waals surface area contributed by atoms with Crippen molar-refractivity contribution in [1.82, 2.24) is 15.0 Å². The van der Waals surface area contributed by atoms with Crippen LogP contribution >= 0.6 is 0 Å². The Morgan fingerprint density at radius 1 is 0.649 bits per heavy atom. The van der Waals surface area contributed by atoms with Gasteiger partial charge in [0.25, 0.3) is 0 Å². The predicted octanol–water partition coefficient (Wildman–Crippen LogP) is 5.57. The molecule has 4 aromatic carbocycles. The van der Waals surface area contributed by atoms with Crippen molar-refractivity contribution in [2.75, 3.05) is 0 Å². The van der Waals surface area contributed by atoms with E-state index in [-0.39, 0.29) is 0 Å². The fraction of sp³-hybridized carbons (Fsp3) is 0.226. The van der Waals surface area contributed by atoms with Gasteiger partial charge in [0, 0.05) is 0 Å². The zero-order valence-corrected chi connectivity index (χ0v) is 21.6. The third kappa shape index (κ3) is 3.71. The molecule has 1 aliphatic rings. The number of hydrogen-bond donors (Lipinski definition) is 0. The quantitative estimate of drug-likeness (QED) is 0.240. The molecule has 5 nitrogen and oxygen atoms in total. The topological polar surface area (TPSA) is 49.2 Å². The lowest BCUT2D eigenvalue weighted by Gasteiger charge is -2.36. The highest BCUT2D eigenvalue weighted by molar-refractivity contribution is 6.62. The molecule has 6 rings (SSSR count). The average Bonchev–Trinajstić information content (AvgIpc) is 3.43. The Labute approximate surface area is 218 Å². The summed E-state index contributed by atoms with van der Waals surface area (Å²) in [5.41, 5.74) is 4.43. The van der Waals surface area contributed by atoms with Crippen molar-refractivity contribution in [3.63, 3.8) is 0 Å². The summed E-state index contributed by atoms with van der Waals surface area (Å²) >= 11 is 0. The summed E-state index contributed by atoms with van der Waals surface area (Å²) in [7, 11) is -0.457. The molecule has 0 bridgehead atoms. The Hall–Kier alpha value is -3.74. The fourth-order valence-corrected chi connectivity index (χ4v) is 5.22. The maximum absolute atomic E-state index is 6.30. The SMILES string of the molecule is CC1(C)OB(c2ccc3c(c2)nnn3C(c2ccccc2)(c2ccccc2)c2ccccc2)OC1(C)C. The summed E-state index contributed by atoms with van der Waals surface area (Å²) in [5, 5.41) is 9.47. The molecule has 1 aliphatic heterocycles. The maximum Gasteiger partial charge on any atom is 0.494 e. The molecule has 0 N–H and O–H groups in total. The molecule has 1 saturated heterocycles. The highest BCUT2D eigenvalue weighted by Gasteiger charge is 2.52. The van der Waals surface area contributed by atoms with Crippen molar-refractivity contribution < 1.29 is 9.31 Å². The second kappa shape index (κ2) is 8.68. The van der Waals surface area contributed by atoms with Crippen LogP contribution < -0.4 is 5.46 Å². The molecule has 6 heteroatoms. The minimum absolute atomic E-state index is 0.409. The molecule has 37 heavy (non-hydrogen) atoms. The smallest absolute Gasteiger partial charge is 0.399 e. The van der Waals surface area contributed by atoms with E-state index in [1.165, 1.54) is 0 Å². The van der Waals surface area contributed by atoms with Gasteiger partial charge in [-0.3, -0.25) is 0 Å². The van der Waals surface area contributed by atoms with E-state index in [1.807, 2.05) is 24.3 Å². The number of rotatable bonds is 5. The van der Waals surface area contributed by atoms with E-state index in [0.717, 1.165) is 33.2 Å². The fourth-order valence-electron chi connectivity index (χ4n) is 5.22. The summed E-state index contributed by atoms with van der Waals surface area (Å²) in [5.74, 6) is 0. The van der Waals surface area contributed by atoms with Crippen LogP contribution in [0.2, 0.25) is 0 Å². The van der Waals surface area contributed by atoms with Gasteiger partial charge in [-0.25, -0.2) is 4.68 Å². The highest BCUT2D eigenvalue weighted by Crippen LogP contribution is 2.42. The molecule has 0 saturated carbocycles. The second-order valence-corrected chi connectivity index (χ2v) is 10.6. The molecule has 0 radical (unpaired) electrons. The van der Waals surface area contributed by atoms with E-state index in [9.17, 15) is 0 Å². The lowest BCUT2D eigenvalue weighted by molar-refractivity contribution is 0.00578. The van der Waals surface area contributed by atoms with Crippen molar-refractivity contribution in [1.29, 1.82) is 0 Å². The molecule has 0 aliphatic carbocycles.